The molecular weight excluding hydrogens is 582 g/mol. The maximum absolute atomic E-state index is 12.7. The molecule has 1 aromatic heterocycles. The molecule has 4 saturated carbocycles. The maximum atomic E-state index is 12.7. The topological polar surface area (TPSA) is 160 Å². The van der Waals surface area contributed by atoms with Crippen LogP contribution < -0.4 is 16.3 Å². The van der Waals surface area contributed by atoms with Crippen LogP contribution in [0.25, 0.3) is 0 Å². The Hall–Kier alpha value is -2.96. The molecule has 2 amide bonds. The number of fused-ring (bicyclic) bond motifs is 3. The Morgan fingerprint density at radius 2 is 1.89 bits per heavy atom. The Morgan fingerprint density at radius 3 is 2.62 bits per heavy atom. The molecule has 0 aromatic carbocycles. The van der Waals surface area contributed by atoms with Crippen molar-refractivity contribution in [2.75, 3.05) is 32.8 Å². The summed E-state index contributed by atoms with van der Waals surface area (Å²) < 4.78 is 23.3. The Kier molecular flexibility index (Phi) is 7.37. The number of aliphatic hydroxyl groups is 1. The molecule has 246 valence electrons. The van der Waals surface area contributed by atoms with E-state index < -0.39 is 29.0 Å². The number of nitrogens with zero attached hydrogens (tertiary/aromatic N) is 1. The van der Waals surface area contributed by atoms with Gasteiger partial charge in [-0.25, -0.2) is 9.59 Å². The van der Waals surface area contributed by atoms with E-state index in [9.17, 15) is 24.3 Å². The van der Waals surface area contributed by atoms with Crippen LogP contribution in [0, 0.1) is 22.7 Å². The van der Waals surface area contributed by atoms with E-state index >= 15 is 0 Å². The summed E-state index contributed by atoms with van der Waals surface area (Å²) in [4.78, 5) is 50.3. The highest BCUT2D eigenvalue weighted by molar-refractivity contribution is 5.78. The van der Waals surface area contributed by atoms with Crippen molar-refractivity contribution >= 4 is 18.0 Å². The van der Waals surface area contributed by atoms with E-state index in [1.165, 1.54) is 19.3 Å². The number of hydrogen-bond donors (Lipinski definition) is 3. The maximum Gasteiger partial charge on any atom is 0.407 e. The molecule has 0 bridgehead atoms. The van der Waals surface area contributed by atoms with E-state index in [0.717, 1.165) is 44.2 Å². The zero-order valence-electron chi connectivity index (χ0n) is 26.3. The van der Waals surface area contributed by atoms with Crippen LogP contribution in [0.2, 0.25) is 0 Å². The lowest BCUT2D eigenvalue weighted by molar-refractivity contribution is -0.214. The third-order valence-corrected chi connectivity index (χ3v) is 12.7. The fourth-order valence-corrected chi connectivity index (χ4v) is 10.6. The molecule has 6 fully saturated rings. The third kappa shape index (κ3) is 4.73. The van der Waals surface area contributed by atoms with Crippen molar-refractivity contribution in [2.45, 2.75) is 101 Å². The number of nitrogens with one attached hydrogen (secondary N) is 2. The predicted octanol–water partition coefficient (Wildman–Crippen LogP) is 2.08. The van der Waals surface area contributed by atoms with Gasteiger partial charge in [-0.1, -0.05) is 13.8 Å². The van der Waals surface area contributed by atoms with Gasteiger partial charge in [0.25, 0.3) is 0 Å². The summed E-state index contributed by atoms with van der Waals surface area (Å²) in [5, 5.41) is 18.1. The van der Waals surface area contributed by atoms with E-state index in [2.05, 4.69) is 24.5 Å². The highest BCUT2D eigenvalue weighted by Crippen LogP contribution is 2.78. The van der Waals surface area contributed by atoms with Gasteiger partial charge in [-0.2, -0.15) is 0 Å². The highest BCUT2D eigenvalue weighted by Gasteiger charge is 2.85. The van der Waals surface area contributed by atoms with Crippen LogP contribution in [0.15, 0.2) is 27.6 Å². The second-order valence-electron chi connectivity index (χ2n) is 14.8. The zero-order chi connectivity index (χ0) is 31.8. The van der Waals surface area contributed by atoms with Crippen LogP contribution in [0.5, 0.6) is 0 Å². The van der Waals surface area contributed by atoms with Crippen LogP contribution in [0.4, 0.5) is 4.79 Å². The molecule has 10 atom stereocenters. The third-order valence-electron chi connectivity index (χ3n) is 12.7. The SMILES string of the molecule is CC(=O)O[C@H]1[C@H]2O[C@]23[C@@H]2CC[C@]4(O)C[C@@H](NC(=O)OCCN5CCNC(=O)C5)CC[C@]4(C)[C@H]2CC[C@]3(C)[C@H]1c1ccc(=O)oc1. The van der Waals surface area contributed by atoms with E-state index in [0.29, 0.717) is 32.5 Å². The van der Waals surface area contributed by atoms with Crippen LogP contribution >= 0.6 is 0 Å². The molecule has 2 saturated heterocycles. The molecule has 2 aliphatic heterocycles. The monoisotopic (exact) mass is 627 g/mol. The summed E-state index contributed by atoms with van der Waals surface area (Å²) >= 11 is 0. The molecule has 6 aliphatic rings. The van der Waals surface area contributed by atoms with E-state index in [1.807, 2.05) is 4.90 Å². The summed E-state index contributed by atoms with van der Waals surface area (Å²) in [6.07, 6.45) is 5.32. The molecule has 12 nitrogen and oxygen atoms in total. The zero-order valence-corrected chi connectivity index (χ0v) is 26.3. The van der Waals surface area contributed by atoms with Gasteiger partial charge in [0.05, 0.1) is 18.4 Å². The molecule has 7 rings (SSSR count). The van der Waals surface area contributed by atoms with Crippen molar-refractivity contribution in [1.82, 2.24) is 15.5 Å². The van der Waals surface area contributed by atoms with Gasteiger partial charge in [0.1, 0.15) is 24.4 Å². The molecule has 1 aromatic rings. The Balaban J connectivity index is 1.05. The van der Waals surface area contributed by atoms with Gasteiger partial charge >= 0.3 is 17.7 Å². The second-order valence-corrected chi connectivity index (χ2v) is 14.8. The fraction of sp³-hybridized carbons (Fsp3) is 0.758. The first-order valence-corrected chi connectivity index (χ1v) is 16.5. The molecule has 45 heavy (non-hydrogen) atoms. The smallest absolute Gasteiger partial charge is 0.407 e. The van der Waals surface area contributed by atoms with Crippen molar-refractivity contribution in [3.8, 4) is 0 Å². The van der Waals surface area contributed by atoms with E-state index in [4.69, 9.17) is 18.6 Å². The first kappa shape index (κ1) is 30.7. The first-order valence-electron chi connectivity index (χ1n) is 16.5. The quantitative estimate of drug-likeness (QED) is 0.315. The molecule has 0 unspecified atom stereocenters. The number of carbonyl (C=O) groups excluding carboxylic acids is 3. The van der Waals surface area contributed by atoms with Crippen LogP contribution in [0.1, 0.15) is 77.2 Å². The van der Waals surface area contributed by atoms with Crippen molar-refractivity contribution in [3.63, 3.8) is 0 Å². The Labute approximate surface area is 262 Å². The average Bonchev–Trinajstić information content (AvgIpc) is 3.68. The molecule has 4 aliphatic carbocycles. The van der Waals surface area contributed by atoms with Crippen LogP contribution in [0.3, 0.4) is 0 Å². The molecule has 1 spiro atoms. The summed E-state index contributed by atoms with van der Waals surface area (Å²) in [5.74, 6) is -0.170. The molecular formula is C33H45N3O9. The second kappa shape index (κ2) is 10.8. The van der Waals surface area contributed by atoms with Gasteiger partial charge in [-0.05, 0) is 73.8 Å². The van der Waals surface area contributed by atoms with Crippen LogP contribution in [-0.2, 0) is 23.8 Å². The van der Waals surface area contributed by atoms with E-state index in [-0.39, 0.29) is 59.2 Å². The van der Waals surface area contributed by atoms with Gasteiger partial charge in [-0.15, -0.1) is 0 Å². The summed E-state index contributed by atoms with van der Waals surface area (Å²) in [5.41, 5.74) is -1.73. The number of esters is 1. The number of piperazine rings is 1. The molecule has 3 N–H and O–H groups in total. The predicted molar refractivity (Wildman–Crippen MR) is 159 cm³/mol. The molecule has 3 heterocycles. The van der Waals surface area contributed by atoms with Crippen molar-refractivity contribution < 1.29 is 38.1 Å². The lowest BCUT2D eigenvalue weighted by atomic mass is 9.42. The minimum atomic E-state index is -0.948. The number of amides is 2. The standard InChI is InChI=1S/C33H45N3O9/c1-19(37)44-27-26(20-4-5-25(39)43-18-20)31(3)10-7-22-23(33(31)28(27)45-33)8-11-32(41)16-21(6-9-30(22,32)2)35-29(40)42-15-14-36-13-12-34-24(38)17-36/h4-5,18,21-23,26-28,41H,6-17H2,1-3H3,(H,34,38)(H,35,40)/t21-,22-,23+,26-,27+,28+,30+,31+,32-,33+/m0/s1. The van der Waals surface area contributed by atoms with Crippen molar-refractivity contribution in [1.29, 1.82) is 0 Å². The lowest BCUT2D eigenvalue weighted by Crippen LogP contribution is -2.66. The number of ether oxygens (including phenoxy) is 3. The Bertz CT molecular complexity index is 1410. The lowest BCUT2D eigenvalue weighted by Gasteiger charge is -2.64. The number of carbonyl (C=O) groups is 3. The van der Waals surface area contributed by atoms with Crippen molar-refractivity contribution in [2.24, 2.45) is 22.7 Å². The average molecular weight is 628 g/mol. The van der Waals surface area contributed by atoms with Gasteiger partial charge in [-0.3, -0.25) is 14.5 Å². The number of alkyl carbamates (subject to hydrolysis) is 1. The number of hydrogen-bond acceptors (Lipinski definition) is 10. The van der Waals surface area contributed by atoms with Crippen molar-refractivity contribution in [3.05, 3.63) is 34.4 Å². The summed E-state index contributed by atoms with van der Waals surface area (Å²) in [6.45, 7) is 8.20. The fourth-order valence-electron chi connectivity index (χ4n) is 10.6. The van der Waals surface area contributed by atoms with Gasteiger partial charge in [0.15, 0.2) is 0 Å². The normalized spacial score (nSPS) is 43.5. The van der Waals surface area contributed by atoms with E-state index in [1.54, 1.807) is 6.07 Å². The highest BCUT2D eigenvalue weighted by atomic mass is 16.7. The summed E-state index contributed by atoms with van der Waals surface area (Å²) in [6, 6.07) is 3.02. The minimum absolute atomic E-state index is 0.0205. The van der Waals surface area contributed by atoms with Gasteiger partial charge < -0.3 is 34.4 Å². The number of epoxide rings is 1. The van der Waals surface area contributed by atoms with Gasteiger partial charge in [0, 0.05) is 50.0 Å². The molecule has 12 heteroatoms. The van der Waals surface area contributed by atoms with Crippen LogP contribution in [-0.4, -0.2) is 90.2 Å². The molecule has 0 radical (unpaired) electrons. The minimum Gasteiger partial charge on any atom is -0.459 e. The van der Waals surface area contributed by atoms with Gasteiger partial charge in [0.2, 0.25) is 5.91 Å². The Morgan fingerprint density at radius 1 is 1.11 bits per heavy atom. The number of rotatable bonds is 6. The summed E-state index contributed by atoms with van der Waals surface area (Å²) in [7, 11) is 0. The first-order chi connectivity index (χ1) is 21.4. The largest absolute Gasteiger partial charge is 0.459 e.